The molecule has 0 aliphatic heterocycles. The summed E-state index contributed by atoms with van der Waals surface area (Å²) in [6.45, 7) is 9.92. The first-order chi connectivity index (χ1) is 4.58. The average molecular weight is 140 g/mol. The van der Waals surface area contributed by atoms with Gasteiger partial charge in [0.05, 0.1) is 6.07 Å². The molecule has 0 aromatic rings. The average Bonchev–Trinajstić information content (AvgIpc) is 1.90. The molecule has 0 aliphatic carbocycles. The van der Waals surface area contributed by atoms with Crippen molar-refractivity contribution < 1.29 is 0 Å². The topological polar surface area (TPSA) is 27.0 Å². The first kappa shape index (κ1) is 9.45. The molecule has 0 heterocycles. The maximum absolute atomic E-state index is 8.74. The van der Waals surface area contributed by atoms with E-state index in [0.29, 0.717) is 0 Å². The zero-order chi connectivity index (χ0) is 8.20. The quantitative estimate of drug-likeness (QED) is 0.595. The van der Waals surface area contributed by atoms with Gasteiger partial charge >= 0.3 is 0 Å². The molecule has 0 aromatic carbocycles. The van der Waals surface area contributed by atoms with Gasteiger partial charge in [-0.3, -0.25) is 4.90 Å². The summed E-state index contributed by atoms with van der Waals surface area (Å²) < 4.78 is 0. The van der Waals surface area contributed by atoms with Crippen LogP contribution >= 0.6 is 0 Å². The van der Waals surface area contributed by atoms with Gasteiger partial charge in [0.2, 0.25) is 0 Å². The van der Waals surface area contributed by atoms with E-state index in [4.69, 9.17) is 5.26 Å². The highest BCUT2D eigenvalue weighted by Crippen LogP contribution is 2.10. The summed E-state index contributed by atoms with van der Waals surface area (Å²) in [7, 11) is 0. The van der Waals surface area contributed by atoms with Crippen LogP contribution in [0.15, 0.2) is 0 Å². The minimum absolute atomic E-state index is 0.302. The summed E-state index contributed by atoms with van der Waals surface area (Å²) in [5.74, 6) is 0. The van der Waals surface area contributed by atoms with Crippen LogP contribution < -0.4 is 0 Å². The van der Waals surface area contributed by atoms with Gasteiger partial charge in [-0.05, 0) is 26.9 Å². The van der Waals surface area contributed by atoms with Crippen molar-refractivity contribution in [1.82, 2.24) is 4.90 Å². The van der Waals surface area contributed by atoms with Crippen LogP contribution in [0.3, 0.4) is 0 Å². The maximum Gasteiger partial charge on any atom is 0.103 e. The second kappa shape index (κ2) is 3.58. The van der Waals surface area contributed by atoms with E-state index < -0.39 is 0 Å². The molecule has 0 aliphatic rings. The molecule has 0 spiro atoms. The first-order valence-electron chi connectivity index (χ1n) is 3.74. The van der Waals surface area contributed by atoms with Gasteiger partial charge in [-0.1, -0.05) is 13.8 Å². The maximum atomic E-state index is 8.74. The van der Waals surface area contributed by atoms with Crippen LogP contribution in [0.1, 0.15) is 27.7 Å². The van der Waals surface area contributed by atoms with E-state index in [1.165, 1.54) is 0 Å². The molecule has 0 radical (unpaired) electrons. The molecule has 0 rings (SSSR count). The number of hydrogen-bond acceptors (Lipinski definition) is 2. The molecule has 0 aromatic heterocycles. The molecular weight excluding hydrogens is 124 g/mol. The summed E-state index contributed by atoms with van der Waals surface area (Å²) in [5.41, 5.74) is -0.302. The van der Waals surface area contributed by atoms with Crippen molar-refractivity contribution >= 4 is 0 Å². The SMILES string of the molecule is CCN(CC)C(C)(C)C#N. The van der Waals surface area contributed by atoms with E-state index >= 15 is 0 Å². The zero-order valence-corrected chi connectivity index (χ0v) is 7.31. The molecule has 58 valence electrons. The normalized spacial score (nSPS) is 11.6. The molecule has 0 saturated heterocycles. The van der Waals surface area contributed by atoms with Crippen LogP contribution in [0, 0.1) is 11.3 Å². The minimum Gasteiger partial charge on any atom is -0.287 e. The lowest BCUT2D eigenvalue weighted by molar-refractivity contribution is 0.187. The molecule has 0 saturated carbocycles. The standard InChI is InChI=1S/C8H16N2/c1-5-10(6-2)8(3,4)7-9/h5-6H2,1-4H3. The third-order valence-corrected chi connectivity index (χ3v) is 1.83. The van der Waals surface area contributed by atoms with Gasteiger partial charge in [-0.2, -0.15) is 5.26 Å². The van der Waals surface area contributed by atoms with Crippen molar-refractivity contribution in [2.75, 3.05) is 13.1 Å². The Balaban J connectivity index is 4.15. The van der Waals surface area contributed by atoms with E-state index in [-0.39, 0.29) is 5.54 Å². The van der Waals surface area contributed by atoms with Crippen molar-refractivity contribution in [3.05, 3.63) is 0 Å². The highest BCUT2D eigenvalue weighted by atomic mass is 15.2. The van der Waals surface area contributed by atoms with Crippen LogP contribution in [0.5, 0.6) is 0 Å². The van der Waals surface area contributed by atoms with Crippen molar-refractivity contribution in [2.45, 2.75) is 33.2 Å². The molecule has 10 heavy (non-hydrogen) atoms. The Hall–Kier alpha value is -0.550. The third-order valence-electron chi connectivity index (χ3n) is 1.83. The summed E-state index contributed by atoms with van der Waals surface area (Å²) in [6, 6.07) is 2.27. The van der Waals surface area contributed by atoms with E-state index in [2.05, 4.69) is 24.8 Å². The second-order valence-corrected chi connectivity index (χ2v) is 2.84. The van der Waals surface area contributed by atoms with Gasteiger partial charge in [0.1, 0.15) is 5.54 Å². The highest BCUT2D eigenvalue weighted by molar-refractivity contribution is 5.00. The molecule has 0 fully saturated rings. The Kier molecular flexibility index (Phi) is 3.38. The number of nitrogens with zero attached hydrogens (tertiary/aromatic N) is 2. The molecular formula is C8H16N2. The van der Waals surface area contributed by atoms with Gasteiger partial charge in [0.25, 0.3) is 0 Å². The van der Waals surface area contributed by atoms with E-state index in [9.17, 15) is 0 Å². The van der Waals surface area contributed by atoms with Crippen LogP contribution in [-0.4, -0.2) is 23.5 Å². The van der Waals surface area contributed by atoms with E-state index in [0.717, 1.165) is 13.1 Å². The fourth-order valence-electron chi connectivity index (χ4n) is 1.08. The fraction of sp³-hybridized carbons (Fsp3) is 0.875. The molecule has 2 heteroatoms. The van der Waals surface area contributed by atoms with Gasteiger partial charge in [0.15, 0.2) is 0 Å². The Morgan fingerprint density at radius 1 is 1.30 bits per heavy atom. The van der Waals surface area contributed by atoms with Crippen molar-refractivity contribution in [3.63, 3.8) is 0 Å². The monoisotopic (exact) mass is 140 g/mol. The Morgan fingerprint density at radius 3 is 1.80 bits per heavy atom. The van der Waals surface area contributed by atoms with Crippen LogP contribution in [0.2, 0.25) is 0 Å². The number of rotatable bonds is 3. The molecule has 0 amide bonds. The van der Waals surface area contributed by atoms with Gasteiger partial charge in [-0.15, -0.1) is 0 Å². The lowest BCUT2D eigenvalue weighted by Crippen LogP contribution is -2.42. The number of hydrogen-bond donors (Lipinski definition) is 0. The predicted molar refractivity (Wildman–Crippen MR) is 42.6 cm³/mol. The van der Waals surface area contributed by atoms with Crippen LogP contribution in [0.4, 0.5) is 0 Å². The summed E-state index contributed by atoms with van der Waals surface area (Å²) in [4.78, 5) is 2.13. The van der Waals surface area contributed by atoms with E-state index in [1.54, 1.807) is 0 Å². The highest BCUT2D eigenvalue weighted by Gasteiger charge is 2.22. The summed E-state index contributed by atoms with van der Waals surface area (Å²) in [6.07, 6.45) is 0. The third kappa shape index (κ3) is 2.00. The molecule has 2 nitrogen and oxygen atoms in total. The van der Waals surface area contributed by atoms with Gasteiger partial charge in [-0.25, -0.2) is 0 Å². The lowest BCUT2D eigenvalue weighted by atomic mass is 10.1. The van der Waals surface area contributed by atoms with Gasteiger partial charge in [0, 0.05) is 0 Å². The smallest absolute Gasteiger partial charge is 0.103 e. The molecule has 0 unspecified atom stereocenters. The zero-order valence-electron chi connectivity index (χ0n) is 7.31. The number of nitriles is 1. The fourth-order valence-corrected chi connectivity index (χ4v) is 1.08. The lowest BCUT2D eigenvalue weighted by Gasteiger charge is -2.30. The summed E-state index contributed by atoms with van der Waals surface area (Å²) >= 11 is 0. The van der Waals surface area contributed by atoms with Gasteiger partial charge < -0.3 is 0 Å². The predicted octanol–water partition coefficient (Wildman–Crippen LogP) is 1.63. The van der Waals surface area contributed by atoms with Crippen LogP contribution in [0.25, 0.3) is 0 Å². The summed E-state index contributed by atoms with van der Waals surface area (Å²) in [5, 5.41) is 8.74. The Bertz CT molecular complexity index is 129. The van der Waals surface area contributed by atoms with Crippen molar-refractivity contribution in [2.24, 2.45) is 0 Å². The largest absolute Gasteiger partial charge is 0.287 e. The minimum atomic E-state index is -0.302. The molecule has 0 bridgehead atoms. The van der Waals surface area contributed by atoms with Crippen molar-refractivity contribution in [3.8, 4) is 6.07 Å². The first-order valence-corrected chi connectivity index (χ1v) is 3.74. The second-order valence-electron chi connectivity index (χ2n) is 2.84. The molecule has 0 N–H and O–H groups in total. The van der Waals surface area contributed by atoms with Crippen LogP contribution in [-0.2, 0) is 0 Å². The van der Waals surface area contributed by atoms with Crippen molar-refractivity contribution in [1.29, 1.82) is 5.26 Å². The Morgan fingerprint density at radius 2 is 1.70 bits per heavy atom. The Labute approximate surface area is 63.4 Å². The molecule has 0 atom stereocenters. The van der Waals surface area contributed by atoms with E-state index in [1.807, 2.05) is 13.8 Å².